The maximum absolute atomic E-state index is 12.5. The third-order valence-corrected chi connectivity index (χ3v) is 7.73. The molecule has 1 spiro atoms. The highest BCUT2D eigenvalue weighted by atomic mass is 32.2. The number of allylic oxidation sites excluding steroid dienone is 1. The minimum absolute atomic E-state index is 0.0782. The Morgan fingerprint density at radius 3 is 2.72 bits per heavy atom. The first kappa shape index (κ1) is 21.0. The first-order valence-electron chi connectivity index (χ1n) is 10.6. The van der Waals surface area contributed by atoms with Crippen molar-refractivity contribution in [3.63, 3.8) is 0 Å². The van der Waals surface area contributed by atoms with Crippen molar-refractivity contribution in [3.05, 3.63) is 65.2 Å². The molecule has 7 nitrogen and oxygen atoms in total. The van der Waals surface area contributed by atoms with Gasteiger partial charge in [0.1, 0.15) is 11.0 Å². The van der Waals surface area contributed by atoms with Crippen molar-refractivity contribution < 1.29 is 22.2 Å². The second-order valence-corrected chi connectivity index (χ2v) is 10.3. The summed E-state index contributed by atoms with van der Waals surface area (Å²) in [6.07, 6.45) is 5.12. The van der Waals surface area contributed by atoms with Gasteiger partial charge in [-0.15, -0.1) is 0 Å². The van der Waals surface area contributed by atoms with E-state index >= 15 is 0 Å². The third kappa shape index (κ3) is 3.38. The molecule has 5 rings (SSSR count). The highest BCUT2D eigenvalue weighted by Crippen LogP contribution is 2.55. The van der Waals surface area contributed by atoms with Crippen LogP contribution in [0.1, 0.15) is 29.5 Å². The zero-order chi connectivity index (χ0) is 22.5. The lowest BCUT2D eigenvalue weighted by atomic mass is 9.69. The van der Waals surface area contributed by atoms with Gasteiger partial charge in [-0.1, -0.05) is 35.0 Å². The van der Waals surface area contributed by atoms with E-state index in [0.717, 1.165) is 30.8 Å². The maximum atomic E-state index is 12.5. The summed E-state index contributed by atoms with van der Waals surface area (Å²) in [7, 11) is -0.218. The Kier molecular flexibility index (Phi) is 5.02. The molecule has 1 aliphatic carbocycles. The fourth-order valence-electron chi connectivity index (χ4n) is 4.88. The topological polar surface area (TPSA) is 77.4 Å². The molecule has 2 aliphatic heterocycles. The molecule has 32 heavy (non-hydrogen) atoms. The molecule has 0 bridgehead atoms. The zero-order valence-corrected chi connectivity index (χ0v) is 19.2. The normalized spacial score (nSPS) is 25.6. The van der Waals surface area contributed by atoms with Crippen molar-refractivity contribution in [2.45, 2.75) is 42.7 Å². The summed E-state index contributed by atoms with van der Waals surface area (Å²) < 4.78 is 42.1. The SMILES string of the molecule is COc1ccc2c3c1OC1CC(=NOS(=O)(=O)c4ccc(C)cc4)C=CC31CCN(C)C2. The van der Waals surface area contributed by atoms with Gasteiger partial charge in [-0.25, -0.2) is 0 Å². The summed E-state index contributed by atoms with van der Waals surface area (Å²) >= 11 is 0. The van der Waals surface area contributed by atoms with E-state index in [1.54, 1.807) is 19.2 Å². The van der Waals surface area contributed by atoms with Crippen LogP contribution in [0.5, 0.6) is 11.5 Å². The summed E-state index contributed by atoms with van der Waals surface area (Å²) in [5.41, 5.74) is 3.61. The number of rotatable bonds is 4. The van der Waals surface area contributed by atoms with E-state index in [1.807, 2.05) is 19.1 Å². The lowest BCUT2D eigenvalue weighted by molar-refractivity contribution is 0.157. The highest BCUT2D eigenvalue weighted by Gasteiger charge is 2.52. The zero-order valence-electron chi connectivity index (χ0n) is 18.4. The lowest BCUT2D eigenvalue weighted by Gasteiger charge is -2.34. The molecule has 2 heterocycles. The fraction of sp³-hybridized carbons (Fsp3) is 0.375. The van der Waals surface area contributed by atoms with Gasteiger partial charge in [0, 0.05) is 18.5 Å². The van der Waals surface area contributed by atoms with E-state index in [1.165, 1.54) is 23.3 Å². The van der Waals surface area contributed by atoms with Gasteiger partial charge in [0.2, 0.25) is 0 Å². The average molecular weight is 455 g/mol. The number of methoxy groups -OCH3 is 1. The number of hydrogen-bond acceptors (Lipinski definition) is 7. The predicted octanol–water partition coefficient (Wildman–Crippen LogP) is 3.56. The van der Waals surface area contributed by atoms with Crippen LogP contribution in [0.2, 0.25) is 0 Å². The molecule has 8 heteroatoms. The van der Waals surface area contributed by atoms with Crippen LogP contribution in [0.3, 0.4) is 0 Å². The van der Waals surface area contributed by atoms with Gasteiger partial charge in [-0.3, -0.25) is 4.28 Å². The molecule has 0 saturated carbocycles. The predicted molar refractivity (Wildman–Crippen MR) is 121 cm³/mol. The number of ether oxygens (including phenoxy) is 2. The largest absolute Gasteiger partial charge is 0.493 e. The van der Waals surface area contributed by atoms with Crippen LogP contribution in [0.25, 0.3) is 0 Å². The molecule has 3 aliphatic rings. The van der Waals surface area contributed by atoms with Gasteiger partial charge >= 0.3 is 10.1 Å². The van der Waals surface area contributed by atoms with Crippen molar-refractivity contribution >= 4 is 15.8 Å². The van der Waals surface area contributed by atoms with Crippen molar-refractivity contribution in [2.24, 2.45) is 5.16 Å². The Hall–Kier alpha value is -2.84. The third-order valence-electron chi connectivity index (χ3n) is 6.61. The minimum Gasteiger partial charge on any atom is -0.493 e. The van der Waals surface area contributed by atoms with Crippen molar-refractivity contribution in [1.82, 2.24) is 4.90 Å². The summed E-state index contributed by atoms with van der Waals surface area (Å²) in [5.74, 6) is 1.50. The smallest absolute Gasteiger partial charge is 0.358 e. The van der Waals surface area contributed by atoms with Crippen LogP contribution < -0.4 is 9.47 Å². The van der Waals surface area contributed by atoms with Gasteiger partial charge in [0.05, 0.1) is 18.2 Å². The van der Waals surface area contributed by atoms with E-state index in [0.29, 0.717) is 17.9 Å². The molecule has 0 aromatic heterocycles. The number of nitrogens with zero attached hydrogens (tertiary/aromatic N) is 2. The van der Waals surface area contributed by atoms with E-state index in [2.05, 4.69) is 29.2 Å². The number of aryl methyl sites for hydroxylation is 1. The monoisotopic (exact) mass is 454 g/mol. The van der Waals surface area contributed by atoms with Crippen LogP contribution in [0, 0.1) is 6.92 Å². The van der Waals surface area contributed by atoms with Crippen LogP contribution in [-0.2, 0) is 26.4 Å². The molecule has 0 fully saturated rings. The Morgan fingerprint density at radius 2 is 1.97 bits per heavy atom. The van der Waals surface area contributed by atoms with Crippen LogP contribution in [-0.4, -0.2) is 45.8 Å². The Morgan fingerprint density at radius 1 is 1.19 bits per heavy atom. The summed E-state index contributed by atoms with van der Waals surface area (Å²) in [5, 5.41) is 3.98. The second-order valence-electron chi connectivity index (χ2n) is 8.73. The molecule has 2 unspecified atom stereocenters. The average Bonchev–Trinajstić information content (AvgIpc) is 3.04. The first-order valence-corrected chi connectivity index (χ1v) is 12.1. The summed E-state index contributed by atoms with van der Waals surface area (Å²) in [6.45, 7) is 3.66. The lowest BCUT2D eigenvalue weighted by Crippen LogP contribution is -2.41. The maximum Gasteiger partial charge on any atom is 0.358 e. The molecular weight excluding hydrogens is 428 g/mol. The van der Waals surface area contributed by atoms with Crippen LogP contribution in [0.15, 0.2) is 58.6 Å². The van der Waals surface area contributed by atoms with Gasteiger partial charge in [0.25, 0.3) is 0 Å². The van der Waals surface area contributed by atoms with Gasteiger partial charge in [0.15, 0.2) is 11.5 Å². The highest BCUT2D eigenvalue weighted by molar-refractivity contribution is 7.86. The quantitative estimate of drug-likeness (QED) is 0.658. The minimum atomic E-state index is -3.98. The molecular formula is C24H26N2O5S. The molecule has 2 atom stereocenters. The fourth-order valence-corrected chi connectivity index (χ4v) is 5.63. The van der Waals surface area contributed by atoms with Crippen LogP contribution >= 0.6 is 0 Å². The molecule has 168 valence electrons. The van der Waals surface area contributed by atoms with Gasteiger partial charge in [-0.2, -0.15) is 8.42 Å². The van der Waals surface area contributed by atoms with E-state index < -0.39 is 10.1 Å². The van der Waals surface area contributed by atoms with Gasteiger partial charge in [-0.05, 0) is 56.8 Å². The van der Waals surface area contributed by atoms with Crippen molar-refractivity contribution in [2.75, 3.05) is 20.7 Å². The molecule has 2 aromatic rings. The molecule has 0 saturated heterocycles. The summed E-state index contributed by atoms with van der Waals surface area (Å²) in [4.78, 5) is 2.38. The second kappa shape index (κ2) is 7.64. The standard InChI is InChI=1S/C24H26N2O5S/c1-16-4-7-19(8-5-16)32(27,28)31-25-18-10-11-24-12-13-26(2)15-17-6-9-20(29-3)23(22(17)24)30-21(24)14-18/h4-11,21H,12-15H2,1-3H3. The number of benzene rings is 2. The first-order chi connectivity index (χ1) is 15.3. The summed E-state index contributed by atoms with van der Waals surface area (Å²) in [6, 6.07) is 10.6. The molecule has 0 amide bonds. The van der Waals surface area contributed by atoms with Gasteiger partial charge < -0.3 is 14.4 Å². The van der Waals surface area contributed by atoms with E-state index in [9.17, 15) is 8.42 Å². The van der Waals surface area contributed by atoms with E-state index in [4.69, 9.17) is 13.8 Å². The number of hydrogen-bond donors (Lipinski definition) is 0. The van der Waals surface area contributed by atoms with Crippen molar-refractivity contribution in [1.29, 1.82) is 0 Å². The van der Waals surface area contributed by atoms with Crippen LogP contribution in [0.4, 0.5) is 0 Å². The molecule has 2 aromatic carbocycles. The van der Waals surface area contributed by atoms with Crippen molar-refractivity contribution in [3.8, 4) is 11.5 Å². The molecule has 0 N–H and O–H groups in total. The Balaban J connectivity index is 1.47. The van der Waals surface area contributed by atoms with E-state index in [-0.39, 0.29) is 16.4 Å². The number of oxime groups is 1. The Bertz CT molecular complexity index is 1220. The molecule has 0 radical (unpaired) electrons. The Labute approximate surface area is 188 Å².